The van der Waals surface area contributed by atoms with Crippen LogP contribution in [0.3, 0.4) is 0 Å². The lowest BCUT2D eigenvalue weighted by molar-refractivity contribution is -0.120. The number of carbonyl (C=O) groups is 2. The second-order valence-corrected chi connectivity index (χ2v) is 6.40. The van der Waals surface area contributed by atoms with E-state index < -0.39 is 0 Å². The summed E-state index contributed by atoms with van der Waals surface area (Å²) >= 11 is 0. The number of hydrogen-bond acceptors (Lipinski definition) is 3. The van der Waals surface area contributed by atoms with Crippen LogP contribution in [0.4, 0.5) is 5.69 Å². The van der Waals surface area contributed by atoms with Crippen molar-refractivity contribution in [3.8, 4) is 0 Å². The molecule has 0 heterocycles. The maximum Gasteiger partial charge on any atom is 0.224 e. The Morgan fingerprint density at radius 2 is 1.64 bits per heavy atom. The Morgan fingerprint density at radius 1 is 1.00 bits per heavy atom. The molecule has 0 saturated heterocycles. The minimum absolute atomic E-state index is 0.0126. The van der Waals surface area contributed by atoms with Gasteiger partial charge in [-0.05, 0) is 50.8 Å². The zero-order chi connectivity index (χ0) is 18.1. The second kappa shape index (κ2) is 9.67. The Bertz CT molecular complexity index is 660. The van der Waals surface area contributed by atoms with Gasteiger partial charge in [-0.2, -0.15) is 0 Å². The van der Waals surface area contributed by atoms with E-state index in [9.17, 15) is 9.59 Å². The van der Waals surface area contributed by atoms with Gasteiger partial charge in [-0.25, -0.2) is 0 Å². The fraction of sp³-hybridized carbons (Fsp3) is 0.400. The van der Waals surface area contributed by atoms with Gasteiger partial charge in [0.25, 0.3) is 0 Å². The molecule has 0 atom stereocenters. The monoisotopic (exact) mass is 341 g/mol. The smallest absolute Gasteiger partial charge is 0.224 e. The van der Waals surface area contributed by atoms with E-state index in [2.05, 4.69) is 10.6 Å². The summed E-state index contributed by atoms with van der Waals surface area (Å²) in [5, 5.41) is 5.74. The van der Waals surface area contributed by atoms with Crippen molar-refractivity contribution in [1.82, 2.24) is 5.32 Å². The minimum Gasteiger partial charge on any atom is -0.400 e. The third-order valence-corrected chi connectivity index (χ3v) is 4.13. The third kappa shape index (κ3) is 6.83. The summed E-state index contributed by atoms with van der Waals surface area (Å²) in [5.74, 6) is -0.00724. The topological polar surface area (TPSA) is 84.2 Å². The summed E-state index contributed by atoms with van der Waals surface area (Å²) in [4.78, 5) is 23.8. The van der Waals surface area contributed by atoms with Crippen molar-refractivity contribution in [3.05, 3.63) is 53.4 Å². The quantitative estimate of drug-likeness (QED) is 0.633. The Labute approximate surface area is 149 Å². The molecule has 0 bridgehead atoms. The van der Waals surface area contributed by atoms with Crippen LogP contribution < -0.4 is 16.4 Å². The van der Waals surface area contributed by atoms with E-state index >= 15 is 0 Å². The van der Waals surface area contributed by atoms with Crippen molar-refractivity contribution in [2.75, 3.05) is 5.32 Å². The van der Waals surface area contributed by atoms with Gasteiger partial charge in [0.15, 0.2) is 0 Å². The Morgan fingerprint density at radius 3 is 2.28 bits per heavy atom. The lowest BCUT2D eigenvalue weighted by Gasteiger charge is -2.13. The SMILES string of the molecule is Cc1ccc(NC(=O)CCCCCC(=O)NC2=C(N)CCC=C2)cc1. The van der Waals surface area contributed by atoms with Crippen LogP contribution in [0.1, 0.15) is 50.5 Å². The number of rotatable bonds is 8. The first-order chi connectivity index (χ1) is 12.0. The maximum absolute atomic E-state index is 11.9. The number of amides is 2. The van der Waals surface area contributed by atoms with Crippen LogP contribution in [0.15, 0.2) is 47.8 Å². The number of carbonyl (C=O) groups excluding carboxylic acids is 2. The highest BCUT2D eigenvalue weighted by Gasteiger charge is 2.09. The second-order valence-electron chi connectivity index (χ2n) is 6.40. The molecule has 4 N–H and O–H groups in total. The molecule has 2 rings (SSSR count). The molecule has 1 aliphatic rings. The Balaban J connectivity index is 1.58. The number of nitrogens with two attached hydrogens (primary N) is 1. The molecule has 2 amide bonds. The Kier molecular flexibility index (Phi) is 7.26. The van der Waals surface area contributed by atoms with Crippen LogP contribution in [-0.4, -0.2) is 11.8 Å². The number of benzene rings is 1. The molecule has 0 saturated carbocycles. The van der Waals surface area contributed by atoms with E-state index in [4.69, 9.17) is 5.73 Å². The van der Waals surface area contributed by atoms with Crippen molar-refractivity contribution in [1.29, 1.82) is 0 Å². The molecule has 1 aromatic carbocycles. The minimum atomic E-state index is -0.0198. The molecule has 134 valence electrons. The normalized spacial score (nSPS) is 13.6. The summed E-state index contributed by atoms with van der Waals surface area (Å²) in [5.41, 5.74) is 9.33. The molecule has 0 unspecified atom stereocenters. The molecular formula is C20H27N3O2. The summed E-state index contributed by atoms with van der Waals surface area (Å²) in [6, 6.07) is 7.74. The fourth-order valence-corrected chi connectivity index (χ4v) is 2.62. The average molecular weight is 341 g/mol. The van der Waals surface area contributed by atoms with E-state index in [-0.39, 0.29) is 11.8 Å². The van der Waals surface area contributed by atoms with Gasteiger partial charge in [0, 0.05) is 24.2 Å². The highest BCUT2D eigenvalue weighted by molar-refractivity contribution is 5.90. The van der Waals surface area contributed by atoms with Gasteiger partial charge < -0.3 is 16.4 Å². The van der Waals surface area contributed by atoms with Crippen LogP contribution in [0.2, 0.25) is 0 Å². The first-order valence-electron chi connectivity index (χ1n) is 8.86. The lowest BCUT2D eigenvalue weighted by Crippen LogP contribution is -2.25. The van der Waals surface area contributed by atoms with E-state index in [0.717, 1.165) is 54.7 Å². The molecule has 5 heteroatoms. The van der Waals surface area contributed by atoms with Crippen molar-refractivity contribution in [3.63, 3.8) is 0 Å². The van der Waals surface area contributed by atoms with E-state index in [0.29, 0.717) is 12.8 Å². The molecule has 0 aliphatic heterocycles. The summed E-state index contributed by atoms with van der Waals surface area (Å²) in [7, 11) is 0. The highest BCUT2D eigenvalue weighted by atomic mass is 16.2. The largest absolute Gasteiger partial charge is 0.400 e. The molecule has 25 heavy (non-hydrogen) atoms. The van der Waals surface area contributed by atoms with Gasteiger partial charge >= 0.3 is 0 Å². The number of aryl methyl sites for hydroxylation is 1. The molecule has 0 spiro atoms. The zero-order valence-corrected chi connectivity index (χ0v) is 14.8. The molecule has 5 nitrogen and oxygen atoms in total. The first kappa shape index (κ1) is 18.8. The first-order valence-corrected chi connectivity index (χ1v) is 8.86. The van der Waals surface area contributed by atoms with Crippen LogP contribution in [-0.2, 0) is 9.59 Å². The third-order valence-electron chi connectivity index (χ3n) is 4.13. The van der Waals surface area contributed by atoms with Gasteiger partial charge in [0.2, 0.25) is 11.8 Å². The van der Waals surface area contributed by atoms with Gasteiger partial charge in [0.05, 0.1) is 5.70 Å². The van der Waals surface area contributed by atoms with Crippen LogP contribution in [0.25, 0.3) is 0 Å². The standard InChI is InChI=1S/C20H27N3O2/c1-15-11-13-16(14-12-15)22-19(24)9-3-2-4-10-20(25)23-18-8-6-5-7-17(18)21/h6,8,11-14H,2-5,7,9-10,21H2,1H3,(H,22,24)(H,23,25). The fourth-order valence-electron chi connectivity index (χ4n) is 2.62. The van der Waals surface area contributed by atoms with E-state index in [1.165, 1.54) is 0 Å². The van der Waals surface area contributed by atoms with Gasteiger partial charge in [0.1, 0.15) is 0 Å². The number of hydrogen-bond donors (Lipinski definition) is 3. The van der Waals surface area contributed by atoms with Gasteiger partial charge in [-0.3, -0.25) is 9.59 Å². The van der Waals surface area contributed by atoms with Gasteiger partial charge in [-0.15, -0.1) is 0 Å². The van der Waals surface area contributed by atoms with Crippen molar-refractivity contribution in [2.24, 2.45) is 5.73 Å². The van der Waals surface area contributed by atoms with Crippen LogP contribution in [0.5, 0.6) is 0 Å². The molecule has 1 aromatic rings. The lowest BCUT2D eigenvalue weighted by atomic mass is 10.1. The molecule has 0 radical (unpaired) electrons. The average Bonchev–Trinajstić information content (AvgIpc) is 2.59. The number of allylic oxidation sites excluding steroid dienone is 3. The van der Waals surface area contributed by atoms with Crippen molar-refractivity contribution < 1.29 is 9.59 Å². The zero-order valence-electron chi connectivity index (χ0n) is 14.8. The van der Waals surface area contributed by atoms with Crippen molar-refractivity contribution >= 4 is 17.5 Å². The molecule has 0 aromatic heterocycles. The molecular weight excluding hydrogens is 314 g/mol. The number of nitrogens with one attached hydrogen (secondary N) is 2. The predicted octanol–water partition coefficient (Wildman–Crippen LogP) is 3.52. The highest BCUT2D eigenvalue weighted by Crippen LogP contribution is 2.13. The summed E-state index contributed by atoms with van der Waals surface area (Å²) in [6.07, 6.45) is 8.90. The number of unbranched alkanes of at least 4 members (excludes halogenated alkanes) is 2. The van der Waals surface area contributed by atoms with Crippen LogP contribution in [0, 0.1) is 6.92 Å². The molecule has 1 aliphatic carbocycles. The van der Waals surface area contributed by atoms with Crippen molar-refractivity contribution in [2.45, 2.75) is 51.9 Å². The predicted molar refractivity (Wildman–Crippen MR) is 101 cm³/mol. The van der Waals surface area contributed by atoms with Crippen LogP contribution >= 0.6 is 0 Å². The summed E-state index contributed by atoms with van der Waals surface area (Å²) < 4.78 is 0. The molecule has 0 fully saturated rings. The van der Waals surface area contributed by atoms with E-state index in [1.54, 1.807) is 0 Å². The van der Waals surface area contributed by atoms with E-state index in [1.807, 2.05) is 43.3 Å². The number of anilines is 1. The summed E-state index contributed by atoms with van der Waals surface area (Å²) in [6.45, 7) is 2.01. The Hall–Kier alpha value is -2.56. The maximum atomic E-state index is 11.9. The van der Waals surface area contributed by atoms with Gasteiger partial charge in [-0.1, -0.05) is 30.2 Å².